The number of hydrogen-bond donors (Lipinski definition) is 1. The lowest BCUT2D eigenvalue weighted by Gasteiger charge is -2.23. The Hall–Kier alpha value is -1.85. The number of benzene rings is 1. The Bertz CT molecular complexity index is 589. The smallest absolute Gasteiger partial charge is 0.407 e. The Labute approximate surface area is 142 Å². The molecule has 0 aliphatic rings. The van der Waals surface area contributed by atoms with Crippen LogP contribution in [0.4, 0.5) is 4.79 Å². The molecule has 0 saturated carbocycles. The molecule has 0 heterocycles. The molecule has 7 nitrogen and oxygen atoms in total. The van der Waals surface area contributed by atoms with Crippen molar-refractivity contribution in [3.63, 3.8) is 0 Å². The highest BCUT2D eigenvalue weighted by molar-refractivity contribution is 7.58. The van der Waals surface area contributed by atoms with E-state index < -0.39 is 25.5 Å². The number of carbonyl (C=O) groups is 2. The molecule has 2 unspecified atom stereocenters. The summed E-state index contributed by atoms with van der Waals surface area (Å²) in [5, 5.41) is 2.39. The average Bonchev–Trinajstić information content (AvgIpc) is 2.56. The van der Waals surface area contributed by atoms with Crippen molar-refractivity contribution < 1.29 is 28.2 Å². The third-order valence-electron chi connectivity index (χ3n) is 3.10. The summed E-state index contributed by atoms with van der Waals surface area (Å²) < 4.78 is 27.5. The molecular formula is C16H24NO6P. The van der Waals surface area contributed by atoms with E-state index in [-0.39, 0.29) is 18.8 Å². The zero-order valence-corrected chi connectivity index (χ0v) is 15.2. The molecule has 134 valence electrons. The minimum absolute atomic E-state index is 0.109. The molecule has 1 rings (SSSR count). The number of amides is 1. The Morgan fingerprint density at radius 2 is 1.83 bits per heavy atom. The van der Waals surface area contributed by atoms with Gasteiger partial charge in [-0.2, -0.15) is 0 Å². The summed E-state index contributed by atoms with van der Waals surface area (Å²) in [4.78, 5) is 23.3. The van der Waals surface area contributed by atoms with Crippen LogP contribution in [0.3, 0.4) is 0 Å². The first-order chi connectivity index (χ1) is 11.2. The van der Waals surface area contributed by atoms with Crippen LogP contribution in [0.5, 0.6) is 0 Å². The molecular weight excluding hydrogens is 333 g/mol. The van der Waals surface area contributed by atoms with Gasteiger partial charge >= 0.3 is 12.1 Å². The maximum absolute atomic E-state index is 12.4. The highest BCUT2D eigenvalue weighted by Gasteiger charge is 2.31. The number of carbonyl (C=O) groups excluding carboxylic acids is 2. The first kappa shape index (κ1) is 20.2. The van der Waals surface area contributed by atoms with Crippen LogP contribution >= 0.6 is 7.37 Å². The van der Waals surface area contributed by atoms with Gasteiger partial charge < -0.3 is 19.3 Å². The number of nitrogens with one attached hydrogen (secondary N) is 1. The zero-order valence-electron chi connectivity index (χ0n) is 14.4. The van der Waals surface area contributed by atoms with Crippen LogP contribution in [0.15, 0.2) is 30.3 Å². The molecule has 0 fully saturated rings. The van der Waals surface area contributed by atoms with E-state index in [0.717, 1.165) is 5.56 Å². The topological polar surface area (TPSA) is 90.9 Å². The molecule has 2 atom stereocenters. The van der Waals surface area contributed by atoms with E-state index in [9.17, 15) is 14.2 Å². The van der Waals surface area contributed by atoms with Crippen LogP contribution < -0.4 is 5.32 Å². The first-order valence-electron chi connectivity index (χ1n) is 7.52. The maximum Gasteiger partial charge on any atom is 0.407 e. The van der Waals surface area contributed by atoms with Crippen LogP contribution in [0.25, 0.3) is 0 Å². The Morgan fingerprint density at radius 3 is 2.38 bits per heavy atom. The van der Waals surface area contributed by atoms with Crippen molar-refractivity contribution in [2.24, 2.45) is 5.92 Å². The number of hydrogen-bond acceptors (Lipinski definition) is 6. The third kappa shape index (κ3) is 7.15. The summed E-state index contributed by atoms with van der Waals surface area (Å²) in [5.41, 5.74) is 0.842. The van der Waals surface area contributed by atoms with Crippen molar-refractivity contribution in [3.05, 3.63) is 35.9 Å². The van der Waals surface area contributed by atoms with Crippen LogP contribution in [-0.4, -0.2) is 38.2 Å². The fourth-order valence-corrected chi connectivity index (χ4v) is 3.11. The molecule has 0 radical (unpaired) electrons. The molecule has 1 N–H and O–H groups in total. The van der Waals surface area contributed by atoms with Gasteiger partial charge in [0, 0.05) is 6.66 Å². The molecule has 0 aromatic heterocycles. The molecule has 1 aromatic carbocycles. The second-order valence-electron chi connectivity index (χ2n) is 5.70. The molecule has 0 aliphatic carbocycles. The summed E-state index contributed by atoms with van der Waals surface area (Å²) in [7, 11) is -1.99. The van der Waals surface area contributed by atoms with Gasteiger partial charge in [-0.05, 0) is 11.5 Å². The highest BCUT2D eigenvalue weighted by Crippen LogP contribution is 2.43. The van der Waals surface area contributed by atoms with Crippen molar-refractivity contribution in [2.75, 3.05) is 20.1 Å². The molecule has 8 heteroatoms. The van der Waals surface area contributed by atoms with Crippen LogP contribution in [-0.2, 0) is 30.0 Å². The van der Waals surface area contributed by atoms with Crippen molar-refractivity contribution in [1.29, 1.82) is 0 Å². The quantitative estimate of drug-likeness (QED) is 0.568. The lowest BCUT2D eigenvalue weighted by molar-refractivity contribution is -0.150. The van der Waals surface area contributed by atoms with E-state index in [0.29, 0.717) is 0 Å². The molecule has 0 spiro atoms. The third-order valence-corrected chi connectivity index (χ3v) is 4.50. The zero-order chi connectivity index (χ0) is 18.2. The molecule has 0 aliphatic heterocycles. The van der Waals surface area contributed by atoms with Gasteiger partial charge in [-0.1, -0.05) is 44.2 Å². The molecule has 1 aromatic rings. The van der Waals surface area contributed by atoms with Crippen molar-refractivity contribution in [1.82, 2.24) is 5.32 Å². The van der Waals surface area contributed by atoms with Crippen LogP contribution in [0.1, 0.15) is 19.4 Å². The van der Waals surface area contributed by atoms with Gasteiger partial charge in [0.1, 0.15) is 6.61 Å². The monoisotopic (exact) mass is 357 g/mol. The van der Waals surface area contributed by atoms with Gasteiger partial charge in [0.05, 0.1) is 13.4 Å². The van der Waals surface area contributed by atoms with E-state index in [1.54, 1.807) is 13.8 Å². The van der Waals surface area contributed by atoms with Crippen LogP contribution in [0, 0.1) is 5.92 Å². The molecule has 1 amide bonds. The molecule has 24 heavy (non-hydrogen) atoms. The fraction of sp³-hybridized carbons (Fsp3) is 0.500. The summed E-state index contributed by atoms with van der Waals surface area (Å²) in [6.45, 7) is 4.97. The van der Waals surface area contributed by atoms with Gasteiger partial charge in [0.15, 0.2) is 6.10 Å². The van der Waals surface area contributed by atoms with Gasteiger partial charge in [-0.3, -0.25) is 4.57 Å². The predicted octanol–water partition coefficient (Wildman–Crippen LogP) is 2.99. The summed E-state index contributed by atoms with van der Waals surface area (Å²) in [5.74, 6) is -0.811. The number of alkyl carbamates (subject to hydrolysis) is 1. The highest BCUT2D eigenvalue weighted by atomic mass is 31.2. The number of methoxy groups -OCH3 is 1. The minimum atomic E-state index is -3.23. The van der Waals surface area contributed by atoms with E-state index >= 15 is 0 Å². The number of rotatable bonds is 8. The van der Waals surface area contributed by atoms with Crippen molar-refractivity contribution in [3.8, 4) is 0 Å². The Balaban J connectivity index is 2.47. The second kappa shape index (κ2) is 9.45. The Morgan fingerprint density at radius 1 is 1.21 bits per heavy atom. The van der Waals surface area contributed by atoms with Gasteiger partial charge in [0.25, 0.3) is 0 Å². The summed E-state index contributed by atoms with van der Waals surface area (Å²) in [6.07, 6.45) is -1.89. The van der Waals surface area contributed by atoms with E-state index in [1.165, 1.54) is 13.8 Å². The fourth-order valence-electron chi connectivity index (χ4n) is 1.81. The molecule has 0 saturated heterocycles. The van der Waals surface area contributed by atoms with Gasteiger partial charge in [0.2, 0.25) is 7.37 Å². The van der Waals surface area contributed by atoms with E-state index in [2.05, 4.69) is 10.1 Å². The van der Waals surface area contributed by atoms with Crippen molar-refractivity contribution >= 4 is 19.4 Å². The summed E-state index contributed by atoms with van der Waals surface area (Å²) >= 11 is 0. The first-order valence-corrected chi connectivity index (χ1v) is 9.78. The maximum atomic E-state index is 12.4. The summed E-state index contributed by atoms with van der Waals surface area (Å²) in [6, 6.07) is 9.18. The minimum Gasteiger partial charge on any atom is -0.467 e. The van der Waals surface area contributed by atoms with Crippen LogP contribution in [0.2, 0.25) is 0 Å². The lowest BCUT2D eigenvalue weighted by atomic mass is 10.1. The number of ether oxygens (including phenoxy) is 2. The Kier molecular flexibility index (Phi) is 7.95. The number of esters is 1. The second-order valence-corrected chi connectivity index (χ2v) is 8.26. The van der Waals surface area contributed by atoms with E-state index in [1.807, 2.05) is 30.3 Å². The lowest BCUT2D eigenvalue weighted by Crippen LogP contribution is -2.32. The molecule has 0 bridgehead atoms. The average molecular weight is 357 g/mol. The normalized spacial score (nSPS) is 14.5. The van der Waals surface area contributed by atoms with E-state index in [4.69, 9.17) is 9.26 Å². The largest absolute Gasteiger partial charge is 0.467 e. The SMILES string of the molecule is COC(=O)C(OP(C)(=O)CNC(=O)OCc1ccccc1)C(C)C. The van der Waals surface area contributed by atoms with Gasteiger partial charge in [-0.25, -0.2) is 9.59 Å². The standard InChI is InChI=1S/C16H24NO6P/c1-12(2)14(15(18)21-3)23-24(4,20)11-17-16(19)22-10-13-8-6-5-7-9-13/h5-9,12,14H,10-11H2,1-4H3,(H,17,19). The predicted molar refractivity (Wildman–Crippen MR) is 89.9 cm³/mol. The van der Waals surface area contributed by atoms with Gasteiger partial charge in [-0.15, -0.1) is 0 Å². The van der Waals surface area contributed by atoms with Crippen molar-refractivity contribution in [2.45, 2.75) is 26.6 Å².